The minimum absolute atomic E-state index is 0.700. The highest BCUT2D eigenvalue weighted by Gasteiger charge is 2.24. The molecule has 0 aromatic carbocycles. The highest BCUT2D eigenvalue weighted by molar-refractivity contribution is 7.19. The number of thiophene rings is 1. The van der Waals surface area contributed by atoms with E-state index in [1.807, 2.05) is 12.1 Å². The molecule has 4 aromatic rings. The number of pyridine rings is 1. The van der Waals surface area contributed by atoms with Crippen LogP contribution in [0.25, 0.3) is 27.3 Å². The van der Waals surface area contributed by atoms with Gasteiger partial charge in [-0.1, -0.05) is 0 Å². The molecule has 0 aliphatic carbocycles. The number of nitrogens with zero attached hydrogens (tertiary/aromatic N) is 5. The van der Waals surface area contributed by atoms with E-state index in [1.54, 1.807) is 39.5 Å². The molecule has 1 N–H and O–H groups in total. The lowest BCUT2D eigenvalue weighted by molar-refractivity contribution is -0.895. The summed E-state index contributed by atoms with van der Waals surface area (Å²) in [5.41, 5.74) is 3.25. The Hall–Kier alpha value is -2.38. The van der Waals surface area contributed by atoms with Gasteiger partial charge in [0.05, 0.1) is 23.9 Å². The van der Waals surface area contributed by atoms with Crippen molar-refractivity contribution in [1.82, 2.24) is 24.6 Å². The Kier molecular flexibility index (Phi) is 2.74. The number of hydrogen-bond donors (Lipinski definition) is 1. The van der Waals surface area contributed by atoms with E-state index in [-0.39, 0.29) is 0 Å². The molecule has 1 unspecified atom stereocenters. The number of rotatable bonds is 1. The Morgan fingerprint density at radius 1 is 1.35 bits per heavy atom. The first-order valence-electron chi connectivity index (χ1n) is 7.67. The minimum Gasteiger partial charge on any atom is -0.333 e. The molecule has 1 aliphatic rings. The fourth-order valence-corrected chi connectivity index (χ4v) is 4.52. The van der Waals surface area contributed by atoms with E-state index in [1.165, 1.54) is 15.8 Å². The molecule has 23 heavy (non-hydrogen) atoms. The van der Waals surface area contributed by atoms with Crippen molar-refractivity contribution in [2.24, 2.45) is 0 Å². The van der Waals surface area contributed by atoms with Crippen LogP contribution in [0.4, 0.5) is 0 Å². The number of aromatic nitrogens is 5. The van der Waals surface area contributed by atoms with Gasteiger partial charge in [0.25, 0.3) is 0 Å². The summed E-state index contributed by atoms with van der Waals surface area (Å²) in [6.07, 6.45) is 6.40. The Balaban J connectivity index is 1.78. The zero-order valence-electron chi connectivity index (χ0n) is 12.7. The molecular formula is C16H15N6S+. The van der Waals surface area contributed by atoms with E-state index >= 15 is 0 Å². The van der Waals surface area contributed by atoms with Crippen molar-refractivity contribution in [3.05, 3.63) is 41.3 Å². The maximum absolute atomic E-state index is 4.78. The molecule has 0 spiro atoms. The molecule has 0 bridgehead atoms. The first kappa shape index (κ1) is 13.1. The second-order valence-electron chi connectivity index (χ2n) is 6.01. The van der Waals surface area contributed by atoms with Gasteiger partial charge in [-0.15, -0.1) is 16.4 Å². The maximum atomic E-state index is 4.78. The van der Waals surface area contributed by atoms with Gasteiger partial charge in [0.15, 0.2) is 11.5 Å². The molecule has 1 atom stereocenters. The van der Waals surface area contributed by atoms with Gasteiger partial charge in [-0.05, 0) is 17.7 Å². The van der Waals surface area contributed by atoms with E-state index < -0.39 is 0 Å². The molecule has 7 heteroatoms. The van der Waals surface area contributed by atoms with Crippen LogP contribution in [0.5, 0.6) is 0 Å². The topological polar surface area (TPSA) is 60.4 Å². The quantitative estimate of drug-likeness (QED) is 0.567. The molecule has 1 aliphatic heterocycles. The number of quaternary nitrogens is 1. The van der Waals surface area contributed by atoms with E-state index in [4.69, 9.17) is 4.98 Å². The number of fused-ring (bicyclic) bond motifs is 5. The lowest BCUT2D eigenvalue weighted by atomic mass is 10.1. The largest absolute Gasteiger partial charge is 0.333 e. The van der Waals surface area contributed by atoms with Gasteiger partial charge in [-0.3, -0.25) is 4.98 Å². The number of hydrogen-bond acceptors (Lipinski definition) is 5. The summed E-state index contributed by atoms with van der Waals surface area (Å²) in [6.45, 7) is 2.23. The fraction of sp³-hybridized carbons (Fsp3) is 0.250. The Morgan fingerprint density at radius 2 is 2.30 bits per heavy atom. The van der Waals surface area contributed by atoms with Gasteiger partial charge in [0, 0.05) is 24.4 Å². The lowest BCUT2D eigenvalue weighted by Crippen LogP contribution is -3.08. The predicted octanol–water partition coefficient (Wildman–Crippen LogP) is 0.972. The van der Waals surface area contributed by atoms with Crippen LogP contribution in [-0.4, -0.2) is 38.2 Å². The van der Waals surface area contributed by atoms with Crippen molar-refractivity contribution < 1.29 is 4.90 Å². The number of nitrogens with one attached hydrogen (secondary N) is 1. The molecule has 114 valence electrons. The predicted molar refractivity (Wildman–Crippen MR) is 88.6 cm³/mol. The van der Waals surface area contributed by atoms with Crippen LogP contribution in [0.1, 0.15) is 10.4 Å². The summed E-state index contributed by atoms with van der Waals surface area (Å²) < 4.78 is 1.79. The highest BCUT2D eigenvalue weighted by atomic mass is 32.1. The van der Waals surface area contributed by atoms with Crippen LogP contribution in [0.3, 0.4) is 0 Å². The summed E-state index contributed by atoms with van der Waals surface area (Å²) in [5.74, 6) is 0.700. The van der Waals surface area contributed by atoms with Gasteiger partial charge >= 0.3 is 0 Å². The Labute approximate surface area is 136 Å². The summed E-state index contributed by atoms with van der Waals surface area (Å²) in [7, 11) is 2.24. The molecule has 6 nitrogen and oxygen atoms in total. The first-order chi connectivity index (χ1) is 11.3. The maximum Gasteiger partial charge on any atom is 0.183 e. The molecule has 0 saturated heterocycles. The summed E-state index contributed by atoms with van der Waals surface area (Å²) in [4.78, 5) is 17.6. The molecule has 0 fully saturated rings. The zero-order chi connectivity index (χ0) is 15.4. The van der Waals surface area contributed by atoms with Crippen LogP contribution >= 0.6 is 11.3 Å². The molecule has 0 amide bonds. The third kappa shape index (κ3) is 1.97. The van der Waals surface area contributed by atoms with Crippen LogP contribution < -0.4 is 4.90 Å². The minimum atomic E-state index is 0.700. The van der Waals surface area contributed by atoms with Gasteiger partial charge in [0.2, 0.25) is 0 Å². The van der Waals surface area contributed by atoms with Crippen molar-refractivity contribution in [2.45, 2.75) is 13.0 Å². The van der Waals surface area contributed by atoms with Gasteiger partial charge < -0.3 is 4.90 Å². The van der Waals surface area contributed by atoms with Crippen molar-refractivity contribution in [1.29, 1.82) is 0 Å². The molecule has 4 aromatic heterocycles. The van der Waals surface area contributed by atoms with Crippen molar-refractivity contribution >= 4 is 27.2 Å². The molecular weight excluding hydrogens is 308 g/mol. The average Bonchev–Trinajstić information content (AvgIpc) is 3.15. The van der Waals surface area contributed by atoms with Crippen LogP contribution in [0.15, 0.2) is 30.9 Å². The van der Waals surface area contributed by atoms with Crippen LogP contribution in [-0.2, 0) is 13.0 Å². The monoisotopic (exact) mass is 323 g/mol. The summed E-state index contributed by atoms with van der Waals surface area (Å²) >= 11 is 1.80. The summed E-state index contributed by atoms with van der Waals surface area (Å²) in [6, 6.07) is 3.88. The second kappa shape index (κ2) is 4.81. The van der Waals surface area contributed by atoms with Crippen molar-refractivity contribution in [3.8, 4) is 11.4 Å². The van der Waals surface area contributed by atoms with Crippen molar-refractivity contribution in [2.75, 3.05) is 13.6 Å². The van der Waals surface area contributed by atoms with Gasteiger partial charge in [-0.2, -0.15) is 0 Å². The molecule has 0 radical (unpaired) electrons. The fourth-order valence-electron chi connectivity index (χ4n) is 3.23. The highest BCUT2D eigenvalue weighted by Crippen LogP contribution is 2.33. The first-order valence-corrected chi connectivity index (χ1v) is 8.48. The smallest absolute Gasteiger partial charge is 0.183 e. The van der Waals surface area contributed by atoms with Crippen molar-refractivity contribution in [3.63, 3.8) is 0 Å². The van der Waals surface area contributed by atoms with Gasteiger partial charge in [0.1, 0.15) is 17.7 Å². The van der Waals surface area contributed by atoms with Gasteiger partial charge in [-0.25, -0.2) is 14.5 Å². The molecule has 5 heterocycles. The van der Waals surface area contributed by atoms with E-state index in [2.05, 4.69) is 22.1 Å². The van der Waals surface area contributed by atoms with Crippen LogP contribution in [0.2, 0.25) is 0 Å². The van der Waals surface area contributed by atoms with E-state index in [0.717, 1.165) is 35.6 Å². The van der Waals surface area contributed by atoms with E-state index in [9.17, 15) is 0 Å². The Bertz CT molecular complexity index is 1020. The normalized spacial score (nSPS) is 17.7. The Morgan fingerprint density at radius 3 is 3.17 bits per heavy atom. The third-order valence-electron chi connectivity index (χ3n) is 4.40. The lowest BCUT2D eigenvalue weighted by Gasteiger charge is -2.19. The molecule has 0 saturated carbocycles. The summed E-state index contributed by atoms with van der Waals surface area (Å²) in [5, 5.41) is 5.76. The van der Waals surface area contributed by atoms with Crippen LogP contribution in [0, 0.1) is 0 Å². The SMILES string of the molecule is C[NH+]1CCc2c(sc3ncn4nc(-c5cccnc5)nc4c23)C1. The third-order valence-corrected chi connectivity index (χ3v) is 5.54. The average molecular weight is 323 g/mol. The second-order valence-corrected chi connectivity index (χ2v) is 7.09. The molecule has 5 rings (SSSR count). The number of likely N-dealkylation sites (N-methyl/N-ethyl adjacent to an activating group) is 1. The zero-order valence-corrected chi connectivity index (χ0v) is 13.5. The standard InChI is InChI=1S/C16H14N6S/c1-21-6-4-11-12(8-21)23-16-13(11)15-19-14(20-22(15)9-18-16)10-3-2-5-17-7-10/h2-3,5,7,9H,4,6,8H2,1H3/p+1. The van der Waals surface area contributed by atoms with E-state index in [0.29, 0.717) is 5.82 Å².